The van der Waals surface area contributed by atoms with Gasteiger partial charge in [-0.25, -0.2) is 0 Å². The maximum Gasteiger partial charge on any atom is 0.412 e. The number of hydrogen-bond acceptors (Lipinski definition) is 2. The summed E-state index contributed by atoms with van der Waals surface area (Å²) < 4.78 is 39.7. The normalized spacial score (nSPS) is 20.0. The third-order valence-corrected chi connectivity index (χ3v) is 3.90. The topological polar surface area (TPSA) is 49.4 Å². The molecule has 1 aliphatic heterocycles. The quantitative estimate of drug-likeness (QED) is 0.924. The Bertz CT molecular complexity index is 572. The molecule has 23 heavy (non-hydrogen) atoms. The molecule has 2 unspecified atom stereocenters. The zero-order chi connectivity index (χ0) is 17.2. The second-order valence-corrected chi connectivity index (χ2v) is 5.93. The number of amides is 2. The highest BCUT2D eigenvalue weighted by Gasteiger charge is 2.44. The summed E-state index contributed by atoms with van der Waals surface area (Å²) in [6.07, 6.45) is -4.65. The number of rotatable bonds is 4. The lowest BCUT2D eigenvalue weighted by atomic mass is 10.0. The molecule has 1 fully saturated rings. The smallest absolute Gasteiger partial charge is 0.341 e. The minimum atomic E-state index is -4.60. The van der Waals surface area contributed by atoms with E-state index in [1.165, 1.54) is 29.2 Å². The van der Waals surface area contributed by atoms with Crippen LogP contribution in [0, 0.1) is 5.92 Å². The van der Waals surface area contributed by atoms with Gasteiger partial charge >= 0.3 is 6.18 Å². The number of nitrogens with one attached hydrogen (secondary N) is 1. The van der Waals surface area contributed by atoms with Crippen molar-refractivity contribution in [2.75, 3.05) is 6.54 Å². The van der Waals surface area contributed by atoms with Crippen molar-refractivity contribution in [3.63, 3.8) is 0 Å². The van der Waals surface area contributed by atoms with Crippen molar-refractivity contribution >= 4 is 11.8 Å². The Labute approximate surface area is 132 Å². The SMILES string of the molecule is CC(C)N1CC(C(=O)NC(c2ccccc2)C(F)(F)F)CC1=O. The van der Waals surface area contributed by atoms with Gasteiger partial charge in [0.25, 0.3) is 0 Å². The highest BCUT2D eigenvalue weighted by atomic mass is 19.4. The summed E-state index contributed by atoms with van der Waals surface area (Å²) in [6.45, 7) is 3.77. The first kappa shape index (κ1) is 17.3. The van der Waals surface area contributed by atoms with Gasteiger partial charge in [-0.3, -0.25) is 9.59 Å². The highest BCUT2D eigenvalue weighted by Crippen LogP contribution is 2.33. The minimum absolute atomic E-state index is 0.0293. The van der Waals surface area contributed by atoms with E-state index in [0.717, 1.165) is 0 Å². The predicted molar refractivity (Wildman–Crippen MR) is 78.3 cm³/mol. The highest BCUT2D eigenvalue weighted by molar-refractivity contribution is 5.89. The number of nitrogens with zero attached hydrogens (tertiary/aromatic N) is 1. The number of likely N-dealkylation sites (tertiary alicyclic amines) is 1. The van der Waals surface area contributed by atoms with E-state index < -0.39 is 24.0 Å². The van der Waals surface area contributed by atoms with Crippen LogP contribution in [0.4, 0.5) is 13.2 Å². The molecule has 2 rings (SSSR count). The summed E-state index contributed by atoms with van der Waals surface area (Å²) >= 11 is 0. The van der Waals surface area contributed by atoms with Gasteiger partial charge < -0.3 is 10.2 Å². The van der Waals surface area contributed by atoms with Gasteiger partial charge in [-0.05, 0) is 19.4 Å². The van der Waals surface area contributed by atoms with Gasteiger partial charge in [0, 0.05) is 19.0 Å². The van der Waals surface area contributed by atoms with Gasteiger partial charge in [0.2, 0.25) is 11.8 Å². The summed E-state index contributed by atoms with van der Waals surface area (Å²) in [4.78, 5) is 25.5. The Balaban J connectivity index is 2.12. The number of halogens is 3. The summed E-state index contributed by atoms with van der Waals surface area (Å²) in [7, 11) is 0. The van der Waals surface area contributed by atoms with Gasteiger partial charge in [-0.1, -0.05) is 30.3 Å². The van der Waals surface area contributed by atoms with Crippen molar-refractivity contribution in [2.24, 2.45) is 5.92 Å². The first-order chi connectivity index (χ1) is 10.7. The molecular weight excluding hydrogens is 309 g/mol. The second kappa shape index (κ2) is 6.60. The van der Waals surface area contributed by atoms with Crippen LogP contribution >= 0.6 is 0 Å². The second-order valence-electron chi connectivity index (χ2n) is 5.93. The first-order valence-corrected chi connectivity index (χ1v) is 7.41. The molecule has 2 atom stereocenters. The van der Waals surface area contributed by atoms with Gasteiger partial charge in [-0.15, -0.1) is 0 Å². The van der Waals surface area contributed by atoms with Crippen molar-refractivity contribution < 1.29 is 22.8 Å². The van der Waals surface area contributed by atoms with E-state index >= 15 is 0 Å². The molecule has 0 aromatic heterocycles. The molecule has 126 valence electrons. The standard InChI is InChI=1S/C16H19F3N2O2/c1-10(2)21-9-12(8-13(21)22)15(23)20-14(16(17,18)19)11-6-4-3-5-7-11/h3-7,10,12,14H,8-9H2,1-2H3,(H,20,23). The Hall–Kier alpha value is -2.05. The number of carbonyl (C=O) groups is 2. The van der Waals surface area contributed by atoms with E-state index in [9.17, 15) is 22.8 Å². The Morgan fingerprint density at radius 3 is 2.35 bits per heavy atom. The van der Waals surface area contributed by atoms with E-state index in [1.807, 2.05) is 0 Å². The fraction of sp³-hybridized carbons (Fsp3) is 0.500. The predicted octanol–water partition coefficient (Wildman–Crippen LogP) is 2.66. The molecule has 0 saturated carbocycles. The Morgan fingerprint density at radius 2 is 1.87 bits per heavy atom. The molecule has 0 bridgehead atoms. The third kappa shape index (κ3) is 4.03. The van der Waals surface area contributed by atoms with Crippen molar-refractivity contribution in [2.45, 2.75) is 38.5 Å². The monoisotopic (exact) mass is 328 g/mol. The van der Waals surface area contributed by atoms with Crippen LogP contribution in [0.2, 0.25) is 0 Å². The largest absolute Gasteiger partial charge is 0.412 e. The molecule has 1 heterocycles. The molecule has 1 N–H and O–H groups in total. The van der Waals surface area contributed by atoms with Gasteiger partial charge in [0.15, 0.2) is 6.04 Å². The average molecular weight is 328 g/mol. The molecule has 1 saturated heterocycles. The average Bonchev–Trinajstić information content (AvgIpc) is 2.86. The summed E-state index contributed by atoms with van der Waals surface area (Å²) in [5.41, 5.74) is -0.0293. The summed E-state index contributed by atoms with van der Waals surface area (Å²) in [5.74, 6) is -1.70. The van der Waals surface area contributed by atoms with E-state index in [4.69, 9.17) is 0 Å². The fourth-order valence-electron chi connectivity index (χ4n) is 2.67. The van der Waals surface area contributed by atoms with Gasteiger partial charge in [-0.2, -0.15) is 13.2 Å². The zero-order valence-corrected chi connectivity index (χ0v) is 12.9. The molecule has 1 aromatic rings. The zero-order valence-electron chi connectivity index (χ0n) is 12.9. The molecular formula is C16H19F3N2O2. The fourth-order valence-corrected chi connectivity index (χ4v) is 2.67. The van der Waals surface area contributed by atoms with Crippen molar-refractivity contribution in [1.82, 2.24) is 10.2 Å². The molecule has 7 heteroatoms. The van der Waals surface area contributed by atoms with Crippen LogP contribution in [-0.4, -0.2) is 35.5 Å². The lowest BCUT2D eigenvalue weighted by molar-refractivity contribution is -0.164. The van der Waals surface area contributed by atoms with E-state index in [2.05, 4.69) is 5.32 Å². The van der Waals surface area contributed by atoms with Crippen molar-refractivity contribution in [3.05, 3.63) is 35.9 Å². The molecule has 0 aliphatic carbocycles. The first-order valence-electron chi connectivity index (χ1n) is 7.41. The van der Waals surface area contributed by atoms with Crippen LogP contribution in [0.5, 0.6) is 0 Å². The number of hydrogen-bond donors (Lipinski definition) is 1. The number of carbonyl (C=O) groups excluding carboxylic acids is 2. The van der Waals surface area contributed by atoms with Crippen LogP contribution in [-0.2, 0) is 9.59 Å². The molecule has 1 aromatic carbocycles. The molecule has 1 aliphatic rings. The maximum absolute atomic E-state index is 13.2. The van der Waals surface area contributed by atoms with Crippen LogP contribution in [0.3, 0.4) is 0 Å². The van der Waals surface area contributed by atoms with Gasteiger partial charge in [0.1, 0.15) is 0 Å². The Morgan fingerprint density at radius 1 is 1.26 bits per heavy atom. The van der Waals surface area contributed by atoms with Gasteiger partial charge in [0.05, 0.1) is 5.92 Å². The number of alkyl halides is 3. The van der Waals surface area contributed by atoms with E-state index in [0.29, 0.717) is 0 Å². The van der Waals surface area contributed by atoms with Crippen molar-refractivity contribution in [1.29, 1.82) is 0 Å². The molecule has 2 amide bonds. The Kier molecular flexibility index (Phi) is 4.97. The van der Waals surface area contributed by atoms with Crippen LogP contribution in [0.15, 0.2) is 30.3 Å². The lowest BCUT2D eigenvalue weighted by Crippen LogP contribution is -2.42. The summed E-state index contributed by atoms with van der Waals surface area (Å²) in [5, 5.41) is 2.05. The van der Waals surface area contributed by atoms with E-state index in [1.54, 1.807) is 19.9 Å². The maximum atomic E-state index is 13.2. The van der Waals surface area contributed by atoms with Crippen LogP contribution < -0.4 is 5.32 Å². The third-order valence-electron chi connectivity index (χ3n) is 3.90. The minimum Gasteiger partial charge on any atom is -0.341 e. The summed E-state index contributed by atoms with van der Waals surface area (Å²) in [6, 6.07) is 5.07. The van der Waals surface area contributed by atoms with Crippen molar-refractivity contribution in [3.8, 4) is 0 Å². The van der Waals surface area contributed by atoms with Crippen LogP contribution in [0.1, 0.15) is 31.9 Å². The van der Waals surface area contributed by atoms with Crippen LogP contribution in [0.25, 0.3) is 0 Å². The number of benzene rings is 1. The molecule has 0 radical (unpaired) electrons. The molecule has 4 nitrogen and oxygen atoms in total. The molecule has 0 spiro atoms. The lowest BCUT2D eigenvalue weighted by Gasteiger charge is -2.24. The van der Waals surface area contributed by atoms with E-state index in [-0.39, 0.29) is 30.5 Å².